The van der Waals surface area contributed by atoms with Gasteiger partial charge in [-0.25, -0.2) is 0 Å². The lowest BCUT2D eigenvalue weighted by Gasteiger charge is -2.34. The number of thioether (sulfide) groups is 1. The Morgan fingerprint density at radius 3 is 2.40 bits per heavy atom. The van der Waals surface area contributed by atoms with E-state index in [4.69, 9.17) is 10.5 Å². The summed E-state index contributed by atoms with van der Waals surface area (Å²) >= 11 is 2.00. The maximum absolute atomic E-state index is 6.14. The van der Waals surface area contributed by atoms with Gasteiger partial charge in [-0.1, -0.05) is 0 Å². The van der Waals surface area contributed by atoms with Gasteiger partial charge in [0.15, 0.2) is 5.96 Å². The minimum atomic E-state index is 0. The Labute approximate surface area is 142 Å². The van der Waals surface area contributed by atoms with E-state index < -0.39 is 0 Å². The third-order valence-corrected chi connectivity index (χ3v) is 5.32. The number of aliphatic imine (C=N–C) groups is 1. The van der Waals surface area contributed by atoms with Crippen molar-refractivity contribution in [2.45, 2.75) is 18.4 Å². The maximum Gasteiger partial charge on any atom is 0.191 e. The van der Waals surface area contributed by atoms with Gasteiger partial charge in [-0.15, -0.1) is 24.0 Å². The zero-order valence-corrected chi connectivity index (χ0v) is 15.1. The van der Waals surface area contributed by atoms with Crippen molar-refractivity contribution in [3.8, 4) is 0 Å². The van der Waals surface area contributed by atoms with Gasteiger partial charge in [0.05, 0.1) is 19.8 Å². The van der Waals surface area contributed by atoms with E-state index in [2.05, 4.69) is 14.8 Å². The number of ether oxygens (including phenoxy) is 1. The van der Waals surface area contributed by atoms with Gasteiger partial charge in [0, 0.05) is 43.2 Å². The first-order valence-electron chi connectivity index (χ1n) is 7.26. The Morgan fingerprint density at radius 1 is 1.15 bits per heavy atom. The first-order chi connectivity index (χ1) is 9.30. The predicted octanol–water partition coefficient (Wildman–Crippen LogP) is 0.833. The fourth-order valence-corrected chi connectivity index (χ4v) is 3.78. The first-order valence-corrected chi connectivity index (χ1v) is 8.41. The fourth-order valence-electron chi connectivity index (χ4n) is 2.88. The van der Waals surface area contributed by atoms with Gasteiger partial charge in [0.2, 0.25) is 0 Å². The zero-order valence-electron chi connectivity index (χ0n) is 11.9. The number of guanidine groups is 1. The third kappa shape index (κ3) is 3.92. The van der Waals surface area contributed by atoms with Crippen LogP contribution < -0.4 is 5.73 Å². The highest BCUT2D eigenvalue weighted by atomic mass is 127. The maximum atomic E-state index is 6.14. The molecule has 0 spiro atoms. The van der Waals surface area contributed by atoms with Crippen molar-refractivity contribution in [3.05, 3.63) is 0 Å². The van der Waals surface area contributed by atoms with E-state index in [0.717, 1.165) is 51.9 Å². The summed E-state index contributed by atoms with van der Waals surface area (Å²) in [5, 5.41) is 0. The highest BCUT2D eigenvalue weighted by Crippen LogP contribution is 2.42. The van der Waals surface area contributed by atoms with Gasteiger partial charge in [0.25, 0.3) is 0 Å². The van der Waals surface area contributed by atoms with E-state index in [1.807, 2.05) is 11.8 Å². The van der Waals surface area contributed by atoms with Gasteiger partial charge in [0.1, 0.15) is 0 Å². The van der Waals surface area contributed by atoms with Crippen LogP contribution in [0.4, 0.5) is 0 Å². The second-order valence-electron chi connectivity index (χ2n) is 5.60. The van der Waals surface area contributed by atoms with Crippen LogP contribution >= 0.6 is 35.7 Å². The van der Waals surface area contributed by atoms with Crippen LogP contribution in [0.2, 0.25) is 0 Å². The summed E-state index contributed by atoms with van der Waals surface area (Å²) in [4.78, 5) is 9.47. The molecule has 3 rings (SSSR count). The molecule has 0 aromatic heterocycles. The predicted molar refractivity (Wildman–Crippen MR) is 95.2 cm³/mol. The largest absolute Gasteiger partial charge is 0.379 e. The molecule has 7 heteroatoms. The van der Waals surface area contributed by atoms with E-state index in [1.165, 1.54) is 24.3 Å². The number of halogens is 1. The molecule has 0 aromatic carbocycles. The highest BCUT2D eigenvalue weighted by Gasteiger charge is 2.48. The van der Waals surface area contributed by atoms with E-state index in [9.17, 15) is 0 Å². The molecule has 20 heavy (non-hydrogen) atoms. The molecule has 0 bridgehead atoms. The van der Waals surface area contributed by atoms with Crippen molar-refractivity contribution in [1.29, 1.82) is 0 Å². The summed E-state index contributed by atoms with van der Waals surface area (Å²) in [5.41, 5.74) is 6.44. The SMILES string of the molecule is I.NC(=NCC1(N2CCOCC2)CC1)N1CCSCC1. The number of hydrogen-bond acceptors (Lipinski definition) is 4. The smallest absolute Gasteiger partial charge is 0.191 e. The molecule has 0 atom stereocenters. The zero-order chi connectivity index (χ0) is 13.1. The lowest BCUT2D eigenvalue weighted by atomic mass is 10.2. The van der Waals surface area contributed by atoms with Crippen molar-refractivity contribution in [2.24, 2.45) is 10.7 Å². The van der Waals surface area contributed by atoms with Gasteiger partial charge in [-0.2, -0.15) is 11.8 Å². The van der Waals surface area contributed by atoms with Crippen molar-refractivity contribution in [1.82, 2.24) is 9.80 Å². The fraction of sp³-hybridized carbons (Fsp3) is 0.923. The summed E-state index contributed by atoms with van der Waals surface area (Å²) in [6.07, 6.45) is 2.53. The molecular weight excluding hydrogens is 387 g/mol. The Kier molecular flexibility index (Phi) is 6.25. The summed E-state index contributed by atoms with van der Waals surface area (Å²) in [7, 11) is 0. The highest BCUT2D eigenvalue weighted by molar-refractivity contribution is 14.0. The van der Waals surface area contributed by atoms with Crippen LogP contribution in [0.15, 0.2) is 4.99 Å². The lowest BCUT2D eigenvalue weighted by Crippen LogP contribution is -2.48. The molecule has 1 saturated carbocycles. The quantitative estimate of drug-likeness (QED) is 0.423. The van der Waals surface area contributed by atoms with E-state index in [0.29, 0.717) is 5.54 Å². The molecule has 0 radical (unpaired) electrons. The first kappa shape index (κ1) is 16.6. The number of nitrogens with two attached hydrogens (primary N) is 1. The molecule has 2 N–H and O–H groups in total. The van der Waals surface area contributed by atoms with Crippen LogP contribution in [0, 0.1) is 0 Å². The molecular formula is C13H25IN4OS. The average Bonchev–Trinajstić information content (AvgIpc) is 3.28. The van der Waals surface area contributed by atoms with E-state index in [1.54, 1.807) is 0 Å². The summed E-state index contributed by atoms with van der Waals surface area (Å²) in [6, 6.07) is 0. The van der Waals surface area contributed by atoms with Crippen molar-refractivity contribution < 1.29 is 4.74 Å². The van der Waals surface area contributed by atoms with Crippen LogP contribution in [0.3, 0.4) is 0 Å². The summed E-state index contributed by atoms with van der Waals surface area (Å²) < 4.78 is 5.43. The minimum Gasteiger partial charge on any atom is -0.379 e. The molecule has 1 aliphatic carbocycles. The van der Waals surface area contributed by atoms with Gasteiger partial charge < -0.3 is 15.4 Å². The standard InChI is InChI=1S/C13H24N4OS.HI/c14-12(16-5-9-19-10-6-16)15-11-13(1-2-13)17-3-7-18-8-4-17;/h1-11H2,(H2,14,15);1H. The van der Waals surface area contributed by atoms with Crippen LogP contribution in [-0.4, -0.2) is 78.7 Å². The van der Waals surface area contributed by atoms with Gasteiger partial charge in [-0.3, -0.25) is 9.89 Å². The number of morpholine rings is 1. The molecule has 0 aromatic rings. The second-order valence-corrected chi connectivity index (χ2v) is 6.82. The Morgan fingerprint density at radius 2 is 1.80 bits per heavy atom. The Bertz CT molecular complexity index is 339. The van der Waals surface area contributed by atoms with Crippen molar-refractivity contribution >= 4 is 41.7 Å². The lowest BCUT2D eigenvalue weighted by molar-refractivity contribution is 0.0117. The molecule has 116 valence electrons. The van der Waals surface area contributed by atoms with Gasteiger partial charge in [-0.05, 0) is 12.8 Å². The molecule has 5 nitrogen and oxygen atoms in total. The molecule has 2 saturated heterocycles. The minimum absolute atomic E-state index is 0. The van der Waals surface area contributed by atoms with Crippen LogP contribution in [-0.2, 0) is 4.74 Å². The number of rotatable bonds is 3. The number of hydrogen-bond donors (Lipinski definition) is 1. The van der Waals surface area contributed by atoms with Crippen molar-refractivity contribution in [2.75, 3.05) is 57.4 Å². The number of nitrogens with zero attached hydrogens (tertiary/aromatic N) is 3. The van der Waals surface area contributed by atoms with E-state index >= 15 is 0 Å². The molecule has 2 heterocycles. The molecule has 3 fully saturated rings. The second kappa shape index (κ2) is 7.51. The summed E-state index contributed by atoms with van der Waals surface area (Å²) in [5.74, 6) is 3.09. The average molecular weight is 412 g/mol. The van der Waals surface area contributed by atoms with Crippen LogP contribution in [0.1, 0.15) is 12.8 Å². The Hall–Kier alpha value is 0.270. The third-order valence-electron chi connectivity index (χ3n) is 4.38. The van der Waals surface area contributed by atoms with Crippen LogP contribution in [0.25, 0.3) is 0 Å². The molecule has 0 unspecified atom stereocenters. The summed E-state index contributed by atoms with van der Waals surface area (Å²) in [6.45, 7) is 6.79. The Balaban J connectivity index is 0.00000147. The topological polar surface area (TPSA) is 54.1 Å². The molecule has 0 amide bonds. The van der Waals surface area contributed by atoms with Crippen LogP contribution in [0.5, 0.6) is 0 Å². The van der Waals surface area contributed by atoms with E-state index in [-0.39, 0.29) is 24.0 Å². The monoisotopic (exact) mass is 412 g/mol. The normalized spacial score (nSPS) is 27.0. The van der Waals surface area contributed by atoms with Crippen molar-refractivity contribution in [3.63, 3.8) is 0 Å². The van der Waals surface area contributed by atoms with Gasteiger partial charge >= 0.3 is 0 Å². The molecule has 3 aliphatic rings. The molecule has 2 aliphatic heterocycles.